The highest BCUT2D eigenvalue weighted by Crippen LogP contribution is 2.47. The average Bonchev–Trinajstić information content (AvgIpc) is 2.83. The lowest BCUT2D eigenvalue weighted by molar-refractivity contribution is -0.116. The number of nitrogens with zero attached hydrogens (tertiary/aromatic N) is 2. The molecule has 2 aromatic rings. The van der Waals surface area contributed by atoms with Gasteiger partial charge in [-0.15, -0.1) is 0 Å². The van der Waals surface area contributed by atoms with Gasteiger partial charge in [-0.2, -0.15) is 5.26 Å². The smallest absolute Gasteiger partial charge is 0.161 e. The molecule has 1 heterocycles. The average molecular weight is 431 g/mol. The van der Waals surface area contributed by atoms with E-state index in [2.05, 4.69) is 6.07 Å². The number of carbonyl (C=O) groups excluding carboxylic acids is 1. The number of Topliss-reactive ketones (excluding diaryl/α,β-unsaturated/α-hetero) is 1. The number of hydrogen-bond donors (Lipinski definition) is 1. The highest BCUT2D eigenvalue weighted by atomic mass is 16.5. The largest absolute Gasteiger partial charge is 0.497 e. The van der Waals surface area contributed by atoms with Crippen molar-refractivity contribution in [3.05, 3.63) is 70.7 Å². The van der Waals surface area contributed by atoms with Crippen LogP contribution in [0.15, 0.2) is 65.1 Å². The van der Waals surface area contributed by atoms with Crippen molar-refractivity contribution in [1.82, 2.24) is 0 Å². The second-order valence-corrected chi connectivity index (χ2v) is 7.63. The molecule has 1 atom stereocenters. The van der Waals surface area contributed by atoms with E-state index in [0.717, 1.165) is 23.4 Å². The van der Waals surface area contributed by atoms with Gasteiger partial charge in [0.15, 0.2) is 17.3 Å². The lowest BCUT2D eigenvalue weighted by Crippen LogP contribution is -2.38. The summed E-state index contributed by atoms with van der Waals surface area (Å²) in [5, 5.41) is 10.1. The Hall–Kier alpha value is -3.92. The minimum Gasteiger partial charge on any atom is -0.497 e. The van der Waals surface area contributed by atoms with Gasteiger partial charge in [0.05, 0.1) is 38.9 Å². The molecular formula is C25H25N3O4. The number of hydrogen-bond acceptors (Lipinski definition) is 7. The molecule has 4 rings (SSSR count). The maximum Gasteiger partial charge on any atom is 0.161 e. The minimum absolute atomic E-state index is 0.0322. The molecule has 7 heteroatoms. The van der Waals surface area contributed by atoms with Gasteiger partial charge in [0.25, 0.3) is 0 Å². The molecule has 0 bridgehead atoms. The molecule has 0 unspecified atom stereocenters. The van der Waals surface area contributed by atoms with Gasteiger partial charge in [-0.25, -0.2) is 0 Å². The number of benzene rings is 2. The quantitative estimate of drug-likeness (QED) is 0.764. The summed E-state index contributed by atoms with van der Waals surface area (Å²) in [5.74, 6) is 1.62. The normalized spacial score (nSPS) is 18.2. The van der Waals surface area contributed by atoms with Crippen LogP contribution in [0.1, 0.15) is 30.7 Å². The number of ketones is 1. The molecule has 0 saturated carbocycles. The summed E-state index contributed by atoms with van der Waals surface area (Å²) in [4.78, 5) is 15.0. The predicted octanol–water partition coefficient (Wildman–Crippen LogP) is 4.02. The van der Waals surface area contributed by atoms with Gasteiger partial charge in [0.2, 0.25) is 0 Å². The lowest BCUT2D eigenvalue weighted by Gasteiger charge is -2.39. The summed E-state index contributed by atoms with van der Waals surface area (Å²) >= 11 is 0. The van der Waals surface area contributed by atoms with Crippen LogP contribution in [0.5, 0.6) is 17.2 Å². The molecule has 164 valence electrons. The van der Waals surface area contributed by atoms with E-state index in [1.807, 2.05) is 41.3 Å². The molecule has 1 aliphatic carbocycles. The Morgan fingerprint density at radius 3 is 2.34 bits per heavy atom. The molecule has 0 spiro atoms. The number of rotatable bonds is 5. The lowest BCUT2D eigenvalue weighted by atomic mass is 9.75. The number of anilines is 1. The molecule has 0 amide bonds. The molecule has 0 aromatic heterocycles. The highest BCUT2D eigenvalue weighted by Gasteiger charge is 2.40. The summed E-state index contributed by atoms with van der Waals surface area (Å²) in [5.41, 5.74) is 9.93. The van der Waals surface area contributed by atoms with Crippen LogP contribution >= 0.6 is 0 Å². The van der Waals surface area contributed by atoms with E-state index < -0.39 is 5.92 Å². The van der Waals surface area contributed by atoms with Crippen LogP contribution < -0.4 is 24.8 Å². The van der Waals surface area contributed by atoms with Gasteiger partial charge in [-0.3, -0.25) is 9.69 Å². The predicted molar refractivity (Wildman–Crippen MR) is 120 cm³/mol. The minimum atomic E-state index is -0.558. The fraction of sp³-hybridized carbons (Fsp3) is 0.280. The van der Waals surface area contributed by atoms with E-state index in [4.69, 9.17) is 19.9 Å². The second kappa shape index (κ2) is 8.67. The third-order valence-electron chi connectivity index (χ3n) is 5.98. The molecule has 2 aromatic carbocycles. The van der Waals surface area contributed by atoms with E-state index in [9.17, 15) is 10.1 Å². The SMILES string of the molecule is COc1ccc(N2C(N)=C(C#N)[C@@H](c3ccc(OC)c(OC)c3)C3=C2CCCC3=O)cc1. The number of allylic oxidation sites excluding steroid dienone is 3. The topological polar surface area (TPSA) is 97.8 Å². The van der Waals surface area contributed by atoms with Crippen molar-refractivity contribution in [2.45, 2.75) is 25.2 Å². The van der Waals surface area contributed by atoms with Gasteiger partial charge >= 0.3 is 0 Å². The maximum atomic E-state index is 13.2. The Balaban J connectivity index is 1.92. The monoisotopic (exact) mass is 431 g/mol. The van der Waals surface area contributed by atoms with Gasteiger partial charge in [0.1, 0.15) is 11.6 Å². The first kappa shape index (κ1) is 21.3. The number of methoxy groups -OCH3 is 3. The van der Waals surface area contributed by atoms with E-state index in [0.29, 0.717) is 47.1 Å². The van der Waals surface area contributed by atoms with Crippen molar-refractivity contribution in [2.75, 3.05) is 26.2 Å². The van der Waals surface area contributed by atoms with Crippen LogP contribution in [0.3, 0.4) is 0 Å². The zero-order chi connectivity index (χ0) is 22.8. The summed E-state index contributed by atoms with van der Waals surface area (Å²) < 4.78 is 16.1. The van der Waals surface area contributed by atoms with Crippen molar-refractivity contribution >= 4 is 11.5 Å². The Bertz CT molecular complexity index is 1160. The highest BCUT2D eigenvalue weighted by molar-refractivity contribution is 6.01. The van der Waals surface area contributed by atoms with Crippen molar-refractivity contribution in [1.29, 1.82) is 5.26 Å². The number of nitriles is 1. The molecular weight excluding hydrogens is 406 g/mol. The first-order valence-corrected chi connectivity index (χ1v) is 10.4. The Labute approximate surface area is 187 Å². The standard InChI is InChI=1S/C25H25N3O4/c1-30-17-10-8-16(9-11-17)28-19-5-4-6-20(29)24(19)23(18(14-26)25(28)27)15-7-12-21(31-2)22(13-15)32-3/h7-13,23H,4-6,27H2,1-3H3/t23-/m1/s1. The van der Waals surface area contributed by atoms with Gasteiger partial charge in [-0.1, -0.05) is 6.07 Å². The fourth-order valence-electron chi connectivity index (χ4n) is 4.48. The number of carbonyl (C=O) groups is 1. The summed E-state index contributed by atoms with van der Waals surface area (Å²) in [6.45, 7) is 0. The molecule has 7 nitrogen and oxygen atoms in total. The van der Waals surface area contributed by atoms with Crippen LogP contribution in [0, 0.1) is 11.3 Å². The van der Waals surface area contributed by atoms with E-state index in [1.54, 1.807) is 27.4 Å². The first-order chi connectivity index (χ1) is 15.5. The van der Waals surface area contributed by atoms with Crippen LogP contribution in [0.25, 0.3) is 0 Å². The summed E-state index contributed by atoms with van der Waals surface area (Å²) in [6.07, 6.45) is 1.87. The molecule has 0 radical (unpaired) electrons. The van der Waals surface area contributed by atoms with Crippen LogP contribution in [-0.2, 0) is 4.79 Å². The molecule has 1 aliphatic heterocycles. The van der Waals surface area contributed by atoms with Gasteiger partial charge in [0, 0.05) is 23.4 Å². The van der Waals surface area contributed by atoms with Crippen molar-refractivity contribution < 1.29 is 19.0 Å². The van der Waals surface area contributed by atoms with Gasteiger partial charge in [-0.05, 0) is 54.8 Å². The zero-order valence-electron chi connectivity index (χ0n) is 18.3. The zero-order valence-corrected chi connectivity index (χ0v) is 18.3. The molecule has 32 heavy (non-hydrogen) atoms. The van der Waals surface area contributed by atoms with Crippen LogP contribution in [0.4, 0.5) is 5.69 Å². The van der Waals surface area contributed by atoms with Crippen molar-refractivity contribution in [3.8, 4) is 23.3 Å². The number of nitrogens with two attached hydrogens (primary N) is 1. The fourth-order valence-corrected chi connectivity index (χ4v) is 4.48. The third-order valence-corrected chi connectivity index (χ3v) is 5.98. The van der Waals surface area contributed by atoms with E-state index in [1.165, 1.54) is 0 Å². The number of ether oxygens (including phenoxy) is 3. The van der Waals surface area contributed by atoms with Gasteiger partial charge < -0.3 is 19.9 Å². The third kappa shape index (κ3) is 3.44. The summed E-state index contributed by atoms with van der Waals surface area (Å²) in [7, 11) is 4.72. The van der Waals surface area contributed by atoms with Crippen molar-refractivity contribution in [2.24, 2.45) is 5.73 Å². The molecule has 2 aliphatic rings. The van der Waals surface area contributed by atoms with Crippen molar-refractivity contribution in [3.63, 3.8) is 0 Å². The van der Waals surface area contributed by atoms with Crippen LogP contribution in [-0.4, -0.2) is 27.1 Å². The second-order valence-electron chi connectivity index (χ2n) is 7.63. The summed E-state index contributed by atoms with van der Waals surface area (Å²) in [6, 6.07) is 15.1. The van der Waals surface area contributed by atoms with E-state index in [-0.39, 0.29) is 5.78 Å². The van der Waals surface area contributed by atoms with Crippen LogP contribution in [0.2, 0.25) is 0 Å². The Morgan fingerprint density at radius 2 is 1.72 bits per heavy atom. The molecule has 2 N–H and O–H groups in total. The van der Waals surface area contributed by atoms with E-state index >= 15 is 0 Å². The Morgan fingerprint density at radius 1 is 1.00 bits per heavy atom. The Kier molecular flexibility index (Phi) is 5.78. The maximum absolute atomic E-state index is 13.2. The molecule has 0 fully saturated rings. The first-order valence-electron chi connectivity index (χ1n) is 10.4. The molecule has 0 saturated heterocycles.